The van der Waals surface area contributed by atoms with Crippen LogP contribution in [0, 0.1) is 0 Å². The summed E-state index contributed by atoms with van der Waals surface area (Å²) in [5.74, 6) is 0.982. The largest absolute Gasteiger partial charge is 0.485 e. The van der Waals surface area contributed by atoms with Crippen molar-refractivity contribution in [3.05, 3.63) is 175 Å². The number of furan rings is 1. The molecule has 0 fully saturated rings. The molecule has 0 amide bonds. The van der Waals surface area contributed by atoms with Gasteiger partial charge in [0.25, 0.3) is 0 Å². The summed E-state index contributed by atoms with van der Waals surface area (Å²) in [6.07, 6.45) is 5.47. The predicted octanol–water partition coefficient (Wildman–Crippen LogP) is 13.0. The molecule has 1 aliphatic heterocycles. The first-order valence-corrected chi connectivity index (χ1v) is 17.4. The Labute approximate surface area is 289 Å². The van der Waals surface area contributed by atoms with Crippen molar-refractivity contribution in [1.82, 2.24) is 0 Å². The van der Waals surface area contributed by atoms with E-state index >= 15 is 0 Å². The fourth-order valence-corrected chi connectivity index (χ4v) is 8.60. The second-order valence-corrected chi connectivity index (χ2v) is 13.5. The number of benzene rings is 8. The lowest BCUT2D eigenvalue weighted by atomic mass is 9.83. The van der Waals surface area contributed by atoms with Crippen LogP contribution < -0.4 is 4.74 Å². The SMILES string of the molecule is C1=CC(c2cccc(-c3c4ccccc4c(-c4ccc5oc6ccccc6c5c4)c4ccccc34)c2)=C2c3c(ccc4ccccc34)OC2C1. The number of fused-ring (bicyclic) bond motifs is 10. The van der Waals surface area contributed by atoms with Gasteiger partial charge in [-0.3, -0.25) is 0 Å². The number of ether oxygens (including phenoxy) is 1. The fourth-order valence-electron chi connectivity index (χ4n) is 8.60. The van der Waals surface area contributed by atoms with E-state index in [0.29, 0.717) is 0 Å². The molecular weight excluding hydrogens is 609 g/mol. The van der Waals surface area contributed by atoms with E-state index in [-0.39, 0.29) is 6.10 Å². The van der Waals surface area contributed by atoms with E-state index in [1.807, 2.05) is 12.1 Å². The Bertz CT molecular complexity index is 2880. The van der Waals surface area contributed by atoms with E-state index in [1.54, 1.807) is 0 Å². The zero-order chi connectivity index (χ0) is 32.8. The molecule has 2 heteroatoms. The third-order valence-electron chi connectivity index (χ3n) is 10.7. The van der Waals surface area contributed by atoms with Gasteiger partial charge in [-0.1, -0.05) is 133 Å². The number of hydrogen-bond donors (Lipinski definition) is 0. The van der Waals surface area contributed by atoms with Crippen LogP contribution in [-0.4, -0.2) is 6.10 Å². The summed E-state index contributed by atoms with van der Waals surface area (Å²) in [4.78, 5) is 0. The highest BCUT2D eigenvalue weighted by molar-refractivity contribution is 6.22. The quantitative estimate of drug-likeness (QED) is 0.180. The van der Waals surface area contributed by atoms with Crippen LogP contribution in [0.2, 0.25) is 0 Å². The van der Waals surface area contributed by atoms with Crippen molar-refractivity contribution in [1.29, 1.82) is 0 Å². The molecule has 1 aromatic heterocycles. The highest BCUT2D eigenvalue weighted by atomic mass is 16.5. The Hall–Kier alpha value is -6.38. The average Bonchev–Trinajstić information content (AvgIpc) is 3.75. The first-order chi connectivity index (χ1) is 24.8. The smallest absolute Gasteiger partial charge is 0.135 e. The highest BCUT2D eigenvalue weighted by Gasteiger charge is 2.34. The van der Waals surface area contributed by atoms with Crippen molar-refractivity contribution in [2.45, 2.75) is 12.5 Å². The molecule has 0 bridgehead atoms. The number of para-hydroxylation sites is 1. The van der Waals surface area contributed by atoms with Gasteiger partial charge >= 0.3 is 0 Å². The Morgan fingerprint density at radius 2 is 1.06 bits per heavy atom. The molecular formula is C48H30O2. The molecule has 234 valence electrons. The zero-order valence-electron chi connectivity index (χ0n) is 27.2. The van der Waals surface area contributed by atoms with Gasteiger partial charge in [0.1, 0.15) is 23.0 Å². The normalized spacial score (nSPS) is 15.3. The van der Waals surface area contributed by atoms with E-state index in [9.17, 15) is 0 Å². The van der Waals surface area contributed by atoms with Crippen LogP contribution in [-0.2, 0) is 0 Å². The molecule has 9 aromatic rings. The molecule has 11 rings (SSSR count). The Morgan fingerprint density at radius 1 is 0.440 bits per heavy atom. The third kappa shape index (κ3) is 3.96. The molecule has 0 saturated heterocycles. The molecule has 0 saturated carbocycles. The molecule has 1 atom stereocenters. The first-order valence-electron chi connectivity index (χ1n) is 17.4. The minimum Gasteiger partial charge on any atom is -0.485 e. The maximum Gasteiger partial charge on any atom is 0.135 e. The third-order valence-corrected chi connectivity index (χ3v) is 10.7. The topological polar surface area (TPSA) is 22.4 Å². The summed E-state index contributed by atoms with van der Waals surface area (Å²) >= 11 is 0. The monoisotopic (exact) mass is 638 g/mol. The lowest BCUT2D eigenvalue weighted by Gasteiger charge is -2.21. The van der Waals surface area contributed by atoms with E-state index in [1.165, 1.54) is 76.8 Å². The van der Waals surface area contributed by atoms with Crippen LogP contribution in [0.3, 0.4) is 0 Å². The lowest BCUT2D eigenvalue weighted by molar-refractivity contribution is 0.279. The van der Waals surface area contributed by atoms with Crippen LogP contribution in [0.5, 0.6) is 5.75 Å². The number of hydrogen-bond acceptors (Lipinski definition) is 2. The molecule has 1 unspecified atom stereocenters. The standard InChI is InChI=1S/C48H30O2/c1-2-14-33-29(11-1)23-26-44-47(33)48-34(20-10-22-43(48)50-44)30-12-9-13-31(27-30)45-36-16-3-5-18-38(36)46(39-19-6-4-17-37(39)45)32-24-25-42-40(28-32)35-15-7-8-21-41(35)49-42/h1-21,23-28,43H,22H2. The molecule has 2 heterocycles. The van der Waals surface area contributed by atoms with Crippen LogP contribution in [0.15, 0.2) is 168 Å². The van der Waals surface area contributed by atoms with Gasteiger partial charge in [-0.05, 0) is 96.0 Å². The summed E-state index contributed by atoms with van der Waals surface area (Å²) in [7, 11) is 0. The average molecular weight is 639 g/mol. The lowest BCUT2D eigenvalue weighted by Crippen LogP contribution is -2.14. The van der Waals surface area contributed by atoms with E-state index in [2.05, 4.69) is 152 Å². The molecule has 2 aliphatic rings. The predicted molar refractivity (Wildman–Crippen MR) is 209 cm³/mol. The summed E-state index contributed by atoms with van der Waals surface area (Å²) < 4.78 is 12.8. The first kappa shape index (κ1) is 27.6. The van der Waals surface area contributed by atoms with Crippen LogP contribution >= 0.6 is 0 Å². The summed E-state index contributed by atoms with van der Waals surface area (Å²) in [5.41, 5.74) is 11.7. The van der Waals surface area contributed by atoms with Crippen molar-refractivity contribution < 1.29 is 9.15 Å². The van der Waals surface area contributed by atoms with Gasteiger partial charge in [-0.25, -0.2) is 0 Å². The van der Waals surface area contributed by atoms with Crippen molar-refractivity contribution in [3.8, 4) is 28.0 Å². The van der Waals surface area contributed by atoms with Gasteiger partial charge in [0.05, 0.1) is 0 Å². The Balaban J connectivity index is 1.15. The van der Waals surface area contributed by atoms with Crippen molar-refractivity contribution >= 4 is 65.4 Å². The molecule has 0 spiro atoms. The van der Waals surface area contributed by atoms with Crippen LogP contribution in [0.4, 0.5) is 0 Å². The Morgan fingerprint density at radius 3 is 1.82 bits per heavy atom. The summed E-state index contributed by atoms with van der Waals surface area (Å²) in [6.45, 7) is 0. The number of rotatable bonds is 3. The minimum atomic E-state index is 0.0186. The molecule has 1 aliphatic carbocycles. The van der Waals surface area contributed by atoms with Crippen molar-refractivity contribution in [3.63, 3.8) is 0 Å². The molecule has 2 nitrogen and oxygen atoms in total. The van der Waals surface area contributed by atoms with E-state index < -0.39 is 0 Å². The summed E-state index contributed by atoms with van der Waals surface area (Å²) in [5, 5.41) is 9.73. The van der Waals surface area contributed by atoms with Gasteiger partial charge in [0, 0.05) is 28.3 Å². The van der Waals surface area contributed by atoms with Gasteiger partial charge in [-0.2, -0.15) is 0 Å². The summed E-state index contributed by atoms with van der Waals surface area (Å²) in [6, 6.07) is 54.8. The molecule has 8 aromatic carbocycles. The van der Waals surface area contributed by atoms with Crippen LogP contribution in [0.1, 0.15) is 17.5 Å². The van der Waals surface area contributed by atoms with Gasteiger partial charge in [0.15, 0.2) is 0 Å². The highest BCUT2D eigenvalue weighted by Crippen LogP contribution is 2.50. The fraction of sp³-hybridized carbons (Fsp3) is 0.0417. The zero-order valence-corrected chi connectivity index (χ0v) is 27.2. The second kappa shape index (κ2) is 10.6. The van der Waals surface area contributed by atoms with Gasteiger partial charge in [0.2, 0.25) is 0 Å². The van der Waals surface area contributed by atoms with E-state index in [0.717, 1.165) is 34.1 Å². The molecule has 0 N–H and O–H groups in total. The molecule has 50 heavy (non-hydrogen) atoms. The maximum atomic E-state index is 6.59. The number of allylic oxidation sites excluding steroid dienone is 2. The maximum absolute atomic E-state index is 6.59. The van der Waals surface area contributed by atoms with Crippen molar-refractivity contribution in [2.75, 3.05) is 0 Å². The van der Waals surface area contributed by atoms with E-state index in [4.69, 9.17) is 9.15 Å². The van der Waals surface area contributed by atoms with Gasteiger partial charge < -0.3 is 9.15 Å². The Kier molecular flexibility index (Phi) is 5.82. The van der Waals surface area contributed by atoms with Crippen molar-refractivity contribution in [2.24, 2.45) is 0 Å². The van der Waals surface area contributed by atoms with Gasteiger partial charge in [-0.15, -0.1) is 0 Å². The van der Waals surface area contributed by atoms with Crippen LogP contribution in [0.25, 0.3) is 87.7 Å². The minimum absolute atomic E-state index is 0.0186. The molecule has 0 radical (unpaired) electrons. The second-order valence-electron chi connectivity index (χ2n) is 13.5.